The molecule has 0 radical (unpaired) electrons. The van der Waals surface area contributed by atoms with Gasteiger partial charge in [-0.2, -0.15) is 5.10 Å². The van der Waals surface area contributed by atoms with Crippen molar-refractivity contribution in [3.63, 3.8) is 0 Å². The molecular formula is C19H19N5O2S. The Morgan fingerprint density at radius 1 is 1.30 bits per heavy atom. The van der Waals surface area contributed by atoms with Crippen LogP contribution in [-0.2, 0) is 11.3 Å². The SMILES string of the molecule is CC[C@H](C(=O)NCc1ccccn1)n1nc(C)n2c(cc3sccc32)c1=O. The Morgan fingerprint density at radius 3 is 2.89 bits per heavy atom. The molecule has 0 aliphatic rings. The molecule has 27 heavy (non-hydrogen) atoms. The standard InChI is InChI=1S/C19H19N5O2S/c1-3-14(18(25)21-11-13-6-4-5-8-20-13)24-19(26)16-10-17-15(7-9-27-17)23(16)12(2)22-24/h4-10,14H,3,11H2,1-2H3,(H,21,25)/t14-/m1/s1. The zero-order valence-electron chi connectivity index (χ0n) is 15.0. The molecule has 1 amide bonds. The highest BCUT2D eigenvalue weighted by Crippen LogP contribution is 2.24. The Labute approximate surface area is 159 Å². The lowest BCUT2D eigenvalue weighted by atomic mass is 10.2. The number of nitrogens with one attached hydrogen (secondary N) is 1. The number of carbonyl (C=O) groups excluding carboxylic acids is 1. The van der Waals surface area contributed by atoms with Crippen LogP contribution in [-0.4, -0.2) is 25.1 Å². The zero-order valence-corrected chi connectivity index (χ0v) is 15.9. The maximum atomic E-state index is 13.0. The molecule has 1 N–H and O–H groups in total. The van der Waals surface area contributed by atoms with Crippen LogP contribution in [0.2, 0.25) is 0 Å². The normalized spacial score (nSPS) is 12.5. The van der Waals surface area contributed by atoms with E-state index in [0.717, 1.165) is 15.9 Å². The summed E-state index contributed by atoms with van der Waals surface area (Å²) < 4.78 is 4.19. The molecule has 4 aromatic heterocycles. The quantitative estimate of drug-likeness (QED) is 0.576. The maximum absolute atomic E-state index is 13.0. The van der Waals surface area contributed by atoms with Crippen molar-refractivity contribution in [3.8, 4) is 0 Å². The summed E-state index contributed by atoms with van der Waals surface area (Å²) in [4.78, 5) is 29.9. The molecular weight excluding hydrogens is 362 g/mol. The van der Waals surface area contributed by atoms with Crippen molar-refractivity contribution < 1.29 is 4.79 Å². The summed E-state index contributed by atoms with van der Waals surface area (Å²) in [5.41, 5.74) is 2.01. The zero-order chi connectivity index (χ0) is 19.0. The van der Waals surface area contributed by atoms with Gasteiger partial charge in [0.05, 0.1) is 22.5 Å². The van der Waals surface area contributed by atoms with Crippen LogP contribution in [0.15, 0.2) is 46.7 Å². The molecule has 0 aromatic carbocycles. The summed E-state index contributed by atoms with van der Waals surface area (Å²) in [6.07, 6.45) is 2.14. The second-order valence-electron chi connectivity index (χ2n) is 6.29. The van der Waals surface area contributed by atoms with E-state index in [1.807, 2.05) is 54.0 Å². The van der Waals surface area contributed by atoms with Gasteiger partial charge in [0.15, 0.2) is 0 Å². The number of aryl methyl sites for hydroxylation is 1. The number of rotatable bonds is 5. The number of pyridine rings is 1. The lowest BCUT2D eigenvalue weighted by Gasteiger charge is -2.18. The van der Waals surface area contributed by atoms with Crippen LogP contribution in [0.3, 0.4) is 0 Å². The van der Waals surface area contributed by atoms with E-state index in [-0.39, 0.29) is 11.5 Å². The summed E-state index contributed by atoms with van der Waals surface area (Å²) in [5, 5.41) is 9.29. The van der Waals surface area contributed by atoms with Crippen molar-refractivity contribution in [1.29, 1.82) is 0 Å². The maximum Gasteiger partial charge on any atom is 0.291 e. The lowest BCUT2D eigenvalue weighted by molar-refractivity contribution is -0.125. The Morgan fingerprint density at radius 2 is 2.15 bits per heavy atom. The predicted octanol–water partition coefficient (Wildman–Crippen LogP) is 2.68. The molecule has 0 aliphatic heterocycles. The van der Waals surface area contributed by atoms with Gasteiger partial charge in [0.2, 0.25) is 5.91 Å². The largest absolute Gasteiger partial charge is 0.349 e. The molecule has 0 fully saturated rings. The topological polar surface area (TPSA) is 81.3 Å². The van der Waals surface area contributed by atoms with Crippen molar-refractivity contribution in [3.05, 3.63) is 63.8 Å². The van der Waals surface area contributed by atoms with Crippen molar-refractivity contribution in [2.45, 2.75) is 32.9 Å². The fraction of sp³-hybridized carbons (Fsp3) is 0.263. The molecule has 7 nitrogen and oxygen atoms in total. The van der Waals surface area contributed by atoms with Gasteiger partial charge >= 0.3 is 0 Å². The van der Waals surface area contributed by atoms with E-state index in [1.54, 1.807) is 17.5 Å². The minimum absolute atomic E-state index is 0.241. The Kier molecular flexibility index (Phi) is 4.49. The number of carbonyl (C=O) groups is 1. The predicted molar refractivity (Wildman–Crippen MR) is 105 cm³/mol. The number of aromatic nitrogens is 4. The number of hydrogen-bond acceptors (Lipinski definition) is 5. The third-order valence-corrected chi connectivity index (χ3v) is 5.43. The van der Waals surface area contributed by atoms with E-state index < -0.39 is 6.04 Å². The first kappa shape index (κ1) is 17.4. The first-order valence-corrected chi connectivity index (χ1v) is 9.63. The number of nitrogens with zero attached hydrogens (tertiary/aromatic N) is 4. The first-order valence-electron chi connectivity index (χ1n) is 8.76. The third kappa shape index (κ3) is 3.02. The molecule has 8 heteroatoms. The van der Waals surface area contributed by atoms with Gasteiger partial charge in [0.25, 0.3) is 5.56 Å². The molecule has 0 aliphatic carbocycles. The van der Waals surface area contributed by atoms with Crippen LogP contribution in [0.5, 0.6) is 0 Å². The van der Waals surface area contributed by atoms with Gasteiger partial charge in [-0.1, -0.05) is 13.0 Å². The molecule has 0 saturated heterocycles. The molecule has 0 bridgehead atoms. The van der Waals surface area contributed by atoms with E-state index in [2.05, 4.69) is 15.4 Å². The summed E-state index contributed by atoms with van der Waals surface area (Å²) in [7, 11) is 0. The van der Waals surface area contributed by atoms with Crippen molar-refractivity contribution >= 4 is 33.0 Å². The molecule has 138 valence electrons. The lowest BCUT2D eigenvalue weighted by Crippen LogP contribution is -2.39. The van der Waals surface area contributed by atoms with Gasteiger partial charge in [-0.15, -0.1) is 11.3 Å². The minimum Gasteiger partial charge on any atom is -0.349 e. The van der Waals surface area contributed by atoms with Gasteiger partial charge in [-0.25, -0.2) is 4.68 Å². The first-order chi connectivity index (χ1) is 13.1. The molecule has 4 rings (SSSR count). The van der Waals surface area contributed by atoms with Gasteiger partial charge in [0.1, 0.15) is 17.4 Å². The fourth-order valence-electron chi connectivity index (χ4n) is 3.27. The molecule has 4 aromatic rings. The molecule has 1 atom stereocenters. The van der Waals surface area contributed by atoms with Crippen LogP contribution in [0.1, 0.15) is 30.9 Å². The van der Waals surface area contributed by atoms with Crippen LogP contribution in [0, 0.1) is 6.92 Å². The molecule has 0 unspecified atom stereocenters. The second-order valence-corrected chi connectivity index (χ2v) is 7.24. The van der Waals surface area contributed by atoms with E-state index in [9.17, 15) is 9.59 Å². The van der Waals surface area contributed by atoms with Gasteiger partial charge in [-0.3, -0.25) is 19.0 Å². The van der Waals surface area contributed by atoms with E-state index >= 15 is 0 Å². The Balaban J connectivity index is 1.69. The summed E-state index contributed by atoms with van der Waals surface area (Å²) in [5.74, 6) is 0.434. The van der Waals surface area contributed by atoms with Crippen LogP contribution < -0.4 is 10.9 Å². The van der Waals surface area contributed by atoms with Gasteiger partial charge in [-0.05, 0) is 43.0 Å². The van der Waals surface area contributed by atoms with Crippen LogP contribution in [0.4, 0.5) is 0 Å². The second kappa shape index (κ2) is 6.96. The molecule has 0 spiro atoms. The highest BCUT2D eigenvalue weighted by Gasteiger charge is 2.23. The van der Waals surface area contributed by atoms with Crippen molar-refractivity contribution in [1.82, 2.24) is 24.5 Å². The molecule has 4 heterocycles. The van der Waals surface area contributed by atoms with E-state index in [4.69, 9.17) is 0 Å². The molecule has 0 saturated carbocycles. The number of amides is 1. The highest BCUT2D eigenvalue weighted by atomic mass is 32.1. The Hall–Kier alpha value is -3.00. The highest BCUT2D eigenvalue weighted by molar-refractivity contribution is 7.17. The van der Waals surface area contributed by atoms with Gasteiger partial charge in [0, 0.05) is 6.20 Å². The Bertz CT molecular complexity index is 1180. The van der Waals surface area contributed by atoms with Crippen molar-refractivity contribution in [2.75, 3.05) is 0 Å². The summed E-state index contributed by atoms with van der Waals surface area (Å²) in [6, 6.07) is 8.71. The van der Waals surface area contributed by atoms with E-state index in [0.29, 0.717) is 24.3 Å². The minimum atomic E-state index is -0.669. The van der Waals surface area contributed by atoms with Gasteiger partial charge < -0.3 is 5.32 Å². The fourth-order valence-corrected chi connectivity index (χ4v) is 4.08. The number of hydrogen-bond donors (Lipinski definition) is 1. The third-order valence-electron chi connectivity index (χ3n) is 4.58. The number of thiophene rings is 1. The monoisotopic (exact) mass is 381 g/mol. The van der Waals surface area contributed by atoms with Crippen LogP contribution >= 0.6 is 11.3 Å². The van der Waals surface area contributed by atoms with Crippen molar-refractivity contribution in [2.24, 2.45) is 0 Å². The average molecular weight is 381 g/mol. The summed E-state index contributed by atoms with van der Waals surface area (Å²) >= 11 is 1.58. The summed E-state index contributed by atoms with van der Waals surface area (Å²) in [6.45, 7) is 4.03. The smallest absolute Gasteiger partial charge is 0.291 e. The van der Waals surface area contributed by atoms with Crippen LogP contribution in [0.25, 0.3) is 15.7 Å². The number of fused-ring (bicyclic) bond motifs is 3. The average Bonchev–Trinajstić information content (AvgIpc) is 3.26. The van der Waals surface area contributed by atoms with E-state index in [1.165, 1.54) is 4.68 Å².